The van der Waals surface area contributed by atoms with Gasteiger partial charge in [0, 0.05) is 24.5 Å². The zero-order valence-electron chi connectivity index (χ0n) is 9.86. The van der Waals surface area contributed by atoms with Crippen molar-refractivity contribution in [1.29, 1.82) is 0 Å². The molecule has 0 bridgehead atoms. The summed E-state index contributed by atoms with van der Waals surface area (Å²) in [5.74, 6) is 2.26. The monoisotopic (exact) mass is 229 g/mol. The predicted octanol–water partition coefficient (Wildman–Crippen LogP) is 2.15. The summed E-state index contributed by atoms with van der Waals surface area (Å²) in [4.78, 5) is 8.53. The fourth-order valence-corrected chi connectivity index (χ4v) is 1.47. The fraction of sp³-hybridized carbons (Fsp3) is 0.167. The van der Waals surface area contributed by atoms with Gasteiger partial charge < -0.3 is 16.4 Å². The Kier molecular flexibility index (Phi) is 3.09. The van der Waals surface area contributed by atoms with Crippen LogP contribution in [0.5, 0.6) is 0 Å². The topological polar surface area (TPSA) is 75.9 Å². The van der Waals surface area contributed by atoms with E-state index in [1.165, 1.54) is 0 Å². The Bertz CT molecular complexity index is 507. The maximum atomic E-state index is 5.63. The molecule has 0 radical (unpaired) electrons. The first-order chi connectivity index (χ1) is 8.17. The Morgan fingerprint density at radius 2 is 1.71 bits per heavy atom. The van der Waals surface area contributed by atoms with Crippen molar-refractivity contribution in [3.05, 3.63) is 36.2 Å². The van der Waals surface area contributed by atoms with Gasteiger partial charge in [0.2, 0.25) is 0 Å². The molecule has 0 unspecified atom stereocenters. The first-order valence-electron chi connectivity index (χ1n) is 5.33. The lowest BCUT2D eigenvalue weighted by Gasteiger charge is -2.08. The average Bonchev–Trinajstić information content (AvgIpc) is 2.31. The minimum Gasteiger partial charge on any atom is -0.399 e. The van der Waals surface area contributed by atoms with Crippen molar-refractivity contribution in [3.63, 3.8) is 0 Å². The number of aryl methyl sites for hydroxylation is 1. The van der Waals surface area contributed by atoms with Gasteiger partial charge in [0.05, 0.1) is 0 Å². The molecule has 0 aliphatic carbocycles. The van der Waals surface area contributed by atoms with E-state index in [0.29, 0.717) is 0 Å². The average molecular weight is 229 g/mol. The van der Waals surface area contributed by atoms with E-state index < -0.39 is 0 Å². The van der Waals surface area contributed by atoms with Crippen LogP contribution in [0.2, 0.25) is 0 Å². The van der Waals surface area contributed by atoms with Crippen LogP contribution in [0.3, 0.4) is 0 Å². The third-order valence-electron chi connectivity index (χ3n) is 2.28. The highest BCUT2D eigenvalue weighted by molar-refractivity contribution is 5.61. The zero-order valence-corrected chi connectivity index (χ0v) is 9.86. The smallest absolute Gasteiger partial charge is 0.136 e. The second kappa shape index (κ2) is 4.69. The Balaban J connectivity index is 2.23. The summed E-state index contributed by atoms with van der Waals surface area (Å²) in [7, 11) is 1.83. The Hall–Kier alpha value is -2.30. The molecule has 1 heterocycles. The van der Waals surface area contributed by atoms with Crippen molar-refractivity contribution in [3.8, 4) is 0 Å². The van der Waals surface area contributed by atoms with Crippen LogP contribution in [0.4, 0.5) is 23.0 Å². The van der Waals surface area contributed by atoms with Crippen molar-refractivity contribution in [1.82, 2.24) is 9.97 Å². The molecule has 2 aromatic rings. The minimum atomic E-state index is 0.717. The molecule has 0 saturated heterocycles. The summed E-state index contributed by atoms with van der Waals surface area (Å²) in [5.41, 5.74) is 7.31. The van der Waals surface area contributed by atoms with Gasteiger partial charge in [-0.05, 0) is 31.2 Å². The number of nitrogens with zero attached hydrogens (tertiary/aromatic N) is 2. The molecule has 5 heteroatoms. The molecule has 0 aliphatic heterocycles. The van der Waals surface area contributed by atoms with Crippen LogP contribution >= 0.6 is 0 Å². The summed E-state index contributed by atoms with van der Waals surface area (Å²) in [6.45, 7) is 1.86. The number of hydrogen-bond donors (Lipinski definition) is 3. The molecule has 1 aromatic heterocycles. The van der Waals surface area contributed by atoms with Crippen molar-refractivity contribution >= 4 is 23.0 Å². The van der Waals surface area contributed by atoms with Crippen molar-refractivity contribution in [2.75, 3.05) is 23.4 Å². The highest BCUT2D eigenvalue weighted by atomic mass is 15.1. The molecule has 0 saturated carbocycles. The van der Waals surface area contributed by atoms with E-state index >= 15 is 0 Å². The molecule has 2 rings (SSSR count). The normalized spacial score (nSPS) is 10.0. The van der Waals surface area contributed by atoms with Gasteiger partial charge >= 0.3 is 0 Å². The molecule has 0 spiro atoms. The lowest BCUT2D eigenvalue weighted by Crippen LogP contribution is -2.01. The van der Waals surface area contributed by atoms with Gasteiger partial charge in [0.1, 0.15) is 17.5 Å². The molecule has 88 valence electrons. The van der Waals surface area contributed by atoms with E-state index in [9.17, 15) is 0 Å². The molecule has 17 heavy (non-hydrogen) atoms. The van der Waals surface area contributed by atoms with Crippen molar-refractivity contribution in [2.24, 2.45) is 0 Å². The minimum absolute atomic E-state index is 0.717. The van der Waals surface area contributed by atoms with E-state index in [2.05, 4.69) is 20.6 Å². The summed E-state index contributed by atoms with van der Waals surface area (Å²) in [5, 5.41) is 6.19. The summed E-state index contributed by atoms with van der Waals surface area (Å²) in [6, 6.07) is 9.35. The van der Waals surface area contributed by atoms with Gasteiger partial charge in [-0.2, -0.15) is 0 Å². The third-order valence-corrected chi connectivity index (χ3v) is 2.28. The fourth-order valence-electron chi connectivity index (χ4n) is 1.47. The molecule has 0 aliphatic rings. The largest absolute Gasteiger partial charge is 0.399 e. The van der Waals surface area contributed by atoms with Crippen LogP contribution < -0.4 is 16.4 Å². The number of rotatable bonds is 3. The standard InChI is InChI=1S/C12H15N5/c1-8-15-11(14-2)7-12(16-8)17-10-5-3-9(13)4-6-10/h3-7H,13H2,1-2H3,(H2,14,15,16,17). The van der Waals surface area contributed by atoms with Crippen LogP contribution in [0, 0.1) is 6.92 Å². The Morgan fingerprint density at radius 1 is 1.06 bits per heavy atom. The van der Waals surface area contributed by atoms with E-state index in [4.69, 9.17) is 5.73 Å². The maximum absolute atomic E-state index is 5.63. The van der Waals surface area contributed by atoms with E-state index in [0.717, 1.165) is 28.8 Å². The SMILES string of the molecule is CNc1cc(Nc2ccc(N)cc2)nc(C)n1. The van der Waals surface area contributed by atoms with E-state index in [1.54, 1.807) is 0 Å². The van der Waals surface area contributed by atoms with Crippen LogP contribution in [0.1, 0.15) is 5.82 Å². The third kappa shape index (κ3) is 2.84. The molecule has 0 fully saturated rings. The number of anilines is 4. The van der Waals surface area contributed by atoms with E-state index in [1.807, 2.05) is 44.3 Å². The van der Waals surface area contributed by atoms with Crippen LogP contribution in [0.15, 0.2) is 30.3 Å². The maximum Gasteiger partial charge on any atom is 0.136 e. The summed E-state index contributed by atoms with van der Waals surface area (Å²) < 4.78 is 0. The van der Waals surface area contributed by atoms with Crippen LogP contribution in [0.25, 0.3) is 0 Å². The summed E-state index contributed by atoms with van der Waals surface area (Å²) >= 11 is 0. The summed E-state index contributed by atoms with van der Waals surface area (Å²) in [6.07, 6.45) is 0. The van der Waals surface area contributed by atoms with Crippen molar-refractivity contribution in [2.45, 2.75) is 6.92 Å². The first-order valence-corrected chi connectivity index (χ1v) is 5.33. The Labute approximate surface area is 100 Å². The van der Waals surface area contributed by atoms with Crippen LogP contribution in [-0.4, -0.2) is 17.0 Å². The zero-order chi connectivity index (χ0) is 12.3. The molecule has 5 nitrogen and oxygen atoms in total. The Morgan fingerprint density at radius 3 is 2.35 bits per heavy atom. The molecule has 1 aromatic carbocycles. The number of aromatic nitrogens is 2. The van der Waals surface area contributed by atoms with Gasteiger partial charge in [0.15, 0.2) is 0 Å². The van der Waals surface area contributed by atoms with Gasteiger partial charge in [-0.25, -0.2) is 9.97 Å². The van der Waals surface area contributed by atoms with Crippen LogP contribution in [-0.2, 0) is 0 Å². The quantitative estimate of drug-likeness (QED) is 0.703. The lowest BCUT2D eigenvalue weighted by molar-refractivity contribution is 1.06. The molecule has 0 amide bonds. The molecule has 4 N–H and O–H groups in total. The second-order valence-corrected chi connectivity index (χ2v) is 3.68. The number of nitrogens with one attached hydrogen (secondary N) is 2. The van der Waals surface area contributed by atoms with Crippen molar-refractivity contribution < 1.29 is 0 Å². The predicted molar refractivity (Wildman–Crippen MR) is 70.5 cm³/mol. The lowest BCUT2D eigenvalue weighted by atomic mass is 10.3. The highest BCUT2D eigenvalue weighted by Crippen LogP contribution is 2.18. The first kappa shape index (κ1) is 11.2. The number of nitrogen functional groups attached to an aromatic ring is 1. The molecule has 0 atom stereocenters. The van der Waals surface area contributed by atoms with Gasteiger partial charge in [-0.15, -0.1) is 0 Å². The molecular formula is C12H15N5. The second-order valence-electron chi connectivity index (χ2n) is 3.68. The highest BCUT2D eigenvalue weighted by Gasteiger charge is 2.00. The van der Waals surface area contributed by atoms with E-state index in [-0.39, 0.29) is 0 Å². The van der Waals surface area contributed by atoms with Gasteiger partial charge in [0.25, 0.3) is 0 Å². The number of benzene rings is 1. The number of hydrogen-bond acceptors (Lipinski definition) is 5. The molecular weight excluding hydrogens is 214 g/mol. The van der Waals surface area contributed by atoms with Gasteiger partial charge in [-0.3, -0.25) is 0 Å². The number of nitrogens with two attached hydrogens (primary N) is 1. The van der Waals surface area contributed by atoms with Gasteiger partial charge in [-0.1, -0.05) is 0 Å².